The Morgan fingerprint density at radius 3 is 2.85 bits per heavy atom. The first-order valence-corrected chi connectivity index (χ1v) is 13.0. The number of nitrogens with two attached hydrogens (primary N) is 1. The zero-order valence-electron chi connectivity index (χ0n) is 19.4. The normalized spacial score (nSPS) is 17.6. The van der Waals surface area contributed by atoms with Gasteiger partial charge in [-0.05, 0) is 92.1 Å². The quantitative estimate of drug-likeness (QED) is 0.152. The average molecular weight is 483 g/mol. The molecule has 1 amide bonds. The van der Waals surface area contributed by atoms with Crippen molar-refractivity contribution in [3.63, 3.8) is 0 Å². The first-order chi connectivity index (χ1) is 16.5. The van der Waals surface area contributed by atoms with E-state index in [9.17, 15) is 14.7 Å². The van der Waals surface area contributed by atoms with Gasteiger partial charge in [0.15, 0.2) is 0 Å². The lowest BCUT2D eigenvalue weighted by Crippen LogP contribution is -2.33. The number of rotatable bonds is 12. The second-order valence-electron chi connectivity index (χ2n) is 9.19. The molecule has 1 heterocycles. The Labute approximate surface area is 203 Å². The number of unbranched alkanes of at least 4 members (excludes halogenated alkanes) is 3. The van der Waals surface area contributed by atoms with Crippen molar-refractivity contribution in [2.24, 2.45) is 5.73 Å². The third kappa shape index (κ3) is 6.05. The van der Waals surface area contributed by atoms with Gasteiger partial charge in [-0.1, -0.05) is 36.7 Å². The molecule has 2 unspecified atom stereocenters. The number of fused-ring (bicyclic) bond motifs is 2. The van der Waals surface area contributed by atoms with E-state index in [1.165, 1.54) is 35.3 Å². The van der Waals surface area contributed by atoms with E-state index in [1.807, 2.05) is 12.1 Å². The van der Waals surface area contributed by atoms with Crippen LogP contribution in [0.25, 0.3) is 10.2 Å². The van der Waals surface area contributed by atoms with Crippen molar-refractivity contribution in [1.82, 2.24) is 10.3 Å². The summed E-state index contributed by atoms with van der Waals surface area (Å²) in [7, 11) is 0. The van der Waals surface area contributed by atoms with E-state index in [-0.39, 0.29) is 22.6 Å². The van der Waals surface area contributed by atoms with Crippen LogP contribution in [0.5, 0.6) is 5.75 Å². The van der Waals surface area contributed by atoms with Crippen molar-refractivity contribution < 1.29 is 9.90 Å². The molecule has 4 rings (SSSR count). The Morgan fingerprint density at radius 2 is 2.00 bits per heavy atom. The highest BCUT2D eigenvalue weighted by Crippen LogP contribution is 2.39. The summed E-state index contributed by atoms with van der Waals surface area (Å²) in [4.78, 5) is 25.1. The van der Waals surface area contributed by atoms with Crippen LogP contribution in [0, 0.1) is 0 Å². The van der Waals surface area contributed by atoms with Crippen LogP contribution in [0.3, 0.4) is 0 Å². The summed E-state index contributed by atoms with van der Waals surface area (Å²) in [5.74, 6) is 0.389. The number of hydrogen-bond acceptors (Lipinski definition) is 6. The standard InChI is InChI=1S/C26H34N4O3S/c27-21-8-7-18-14-24(32)23(29-16-31)15-20(18)19(21)5-3-1-2-4-11-28-12-10-17-6-9-22-25(13-17)34-26(33)30-22/h6,9,13-16,19,21,28,32H,1-5,7-8,10-12,27H2,(H,29,31)(H,30,33). The van der Waals surface area contributed by atoms with E-state index in [1.54, 1.807) is 6.07 Å². The van der Waals surface area contributed by atoms with E-state index >= 15 is 0 Å². The van der Waals surface area contributed by atoms with E-state index < -0.39 is 0 Å². The molecular weight excluding hydrogens is 448 g/mol. The average Bonchev–Trinajstić information content (AvgIpc) is 3.19. The van der Waals surface area contributed by atoms with Crippen LogP contribution in [0.1, 0.15) is 61.1 Å². The number of aryl methyl sites for hydroxylation is 1. The number of thiazole rings is 1. The number of aromatic nitrogens is 1. The Kier molecular flexibility index (Phi) is 8.37. The fourth-order valence-corrected chi connectivity index (χ4v) is 5.78. The number of aromatic hydroxyl groups is 1. The molecule has 6 N–H and O–H groups in total. The highest BCUT2D eigenvalue weighted by atomic mass is 32.1. The molecular formula is C26H34N4O3S. The predicted octanol–water partition coefficient (Wildman–Crippen LogP) is 4.00. The number of nitrogens with one attached hydrogen (secondary N) is 3. The molecule has 0 saturated carbocycles. The van der Waals surface area contributed by atoms with Gasteiger partial charge in [0.05, 0.1) is 15.9 Å². The van der Waals surface area contributed by atoms with Gasteiger partial charge >= 0.3 is 4.87 Å². The molecule has 8 heteroatoms. The number of anilines is 1. The number of phenolic OH excluding ortho intramolecular Hbond substituents is 1. The van der Waals surface area contributed by atoms with E-state index in [0.717, 1.165) is 67.4 Å². The zero-order valence-corrected chi connectivity index (χ0v) is 20.3. The summed E-state index contributed by atoms with van der Waals surface area (Å²) in [5, 5.41) is 16.2. The van der Waals surface area contributed by atoms with E-state index in [0.29, 0.717) is 12.1 Å². The lowest BCUT2D eigenvalue weighted by molar-refractivity contribution is -0.105. The number of carbonyl (C=O) groups excluding carboxylic acids is 1. The summed E-state index contributed by atoms with van der Waals surface area (Å²) in [6, 6.07) is 9.98. The van der Waals surface area contributed by atoms with Crippen molar-refractivity contribution >= 4 is 33.7 Å². The topological polar surface area (TPSA) is 120 Å². The molecule has 2 aromatic carbocycles. The minimum Gasteiger partial charge on any atom is -0.506 e. The smallest absolute Gasteiger partial charge is 0.305 e. The number of aromatic amines is 1. The first kappa shape index (κ1) is 24.4. The molecule has 3 aromatic rings. The minimum absolute atomic E-state index is 0.00101. The molecule has 0 aliphatic heterocycles. The number of H-pyrrole nitrogens is 1. The zero-order chi connectivity index (χ0) is 23.9. The van der Waals surface area contributed by atoms with Crippen LogP contribution in [0.15, 0.2) is 35.1 Å². The van der Waals surface area contributed by atoms with Gasteiger partial charge in [-0.3, -0.25) is 9.59 Å². The maximum Gasteiger partial charge on any atom is 0.305 e. The van der Waals surface area contributed by atoms with Crippen LogP contribution in [-0.4, -0.2) is 35.6 Å². The fourth-order valence-electron chi connectivity index (χ4n) is 4.98. The highest BCUT2D eigenvalue weighted by molar-refractivity contribution is 7.16. The van der Waals surface area contributed by atoms with Crippen molar-refractivity contribution in [1.29, 1.82) is 0 Å². The molecule has 182 valence electrons. The van der Waals surface area contributed by atoms with Crippen molar-refractivity contribution in [2.45, 2.75) is 63.3 Å². The largest absolute Gasteiger partial charge is 0.506 e. The third-order valence-corrected chi connectivity index (χ3v) is 7.67. The summed E-state index contributed by atoms with van der Waals surface area (Å²) < 4.78 is 1.02. The molecule has 1 aromatic heterocycles. The highest BCUT2D eigenvalue weighted by Gasteiger charge is 2.27. The van der Waals surface area contributed by atoms with Gasteiger partial charge in [-0.15, -0.1) is 0 Å². The fraction of sp³-hybridized carbons (Fsp3) is 0.462. The van der Waals surface area contributed by atoms with Gasteiger partial charge in [0.2, 0.25) is 6.41 Å². The van der Waals surface area contributed by atoms with Gasteiger partial charge in [0, 0.05) is 6.04 Å². The maximum atomic E-state index is 11.4. The van der Waals surface area contributed by atoms with Crippen LogP contribution in [-0.2, 0) is 17.6 Å². The lowest BCUT2D eigenvalue weighted by Gasteiger charge is -2.32. The number of amides is 1. The summed E-state index contributed by atoms with van der Waals surface area (Å²) in [5.41, 5.74) is 11.4. The number of hydrogen-bond donors (Lipinski definition) is 5. The molecule has 2 atom stereocenters. The van der Waals surface area contributed by atoms with Crippen molar-refractivity contribution in [2.75, 3.05) is 18.4 Å². The molecule has 0 saturated heterocycles. The number of benzene rings is 2. The van der Waals surface area contributed by atoms with Crippen molar-refractivity contribution in [3.8, 4) is 5.75 Å². The summed E-state index contributed by atoms with van der Waals surface area (Å²) in [6.07, 6.45) is 8.99. The second kappa shape index (κ2) is 11.6. The Balaban J connectivity index is 1.15. The van der Waals surface area contributed by atoms with Crippen LogP contribution >= 0.6 is 11.3 Å². The lowest BCUT2D eigenvalue weighted by atomic mass is 9.76. The molecule has 1 aliphatic carbocycles. The first-order valence-electron chi connectivity index (χ1n) is 12.2. The van der Waals surface area contributed by atoms with Gasteiger partial charge in [0.1, 0.15) is 5.75 Å². The second-order valence-corrected chi connectivity index (χ2v) is 10.2. The Morgan fingerprint density at radius 1 is 1.15 bits per heavy atom. The molecule has 0 fully saturated rings. The number of phenols is 1. The molecule has 7 nitrogen and oxygen atoms in total. The van der Waals surface area contributed by atoms with Gasteiger partial charge in [-0.25, -0.2) is 0 Å². The van der Waals surface area contributed by atoms with Gasteiger partial charge < -0.3 is 26.5 Å². The van der Waals surface area contributed by atoms with Crippen molar-refractivity contribution in [3.05, 3.63) is 56.7 Å². The van der Waals surface area contributed by atoms with E-state index in [4.69, 9.17) is 5.73 Å². The SMILES string of the molecule is NC1CCc2cc(O)c(NC=O)cc2C1CCCCCCNCCc1ccc2[nH]c(=O)sc2c1. The van der Waals surface area contributed by atoms with Gasteiger partial charge in [-0.2, -0.15) is 0 Å². The maximum absolute atomic E-state index is 11.4. The minimum atomic E-state index is -0.00101. The van der Waals surface area contributed by atoms with Crippen LogP contribution in [0.2, 0.25) is 0 Å². The monoisotopic (exact) mass is 482 g/mol. The molecule has 34 heavy (non-hydrogen) atoms. The van der Waals surface area contributed by atoms with Gasteiger partial charge in [0.25, 0.3) is 0 Å². The predicted molar refractivity (Wildman–Crippen MR) is 139 cm³/mol. The summed E-state index contributed by atoms with van der Waals surface area (Å²) >= 11 is 1.26. The molecule has 0 radical (unpaired) electrons. The summed E-state index contributed by atoms with van der Waals surface area (Å²) in [6.45, 7) is 1.94. The Bertz CT molecular complexity index is 1170. The van der Waals surface area contributed by atoms with E-state index in [2.05, 4.69) is 27.8 Å². The molecule has 0 spiro atoms. The van der Waals surface area contributed by atoms with Crippen LogP contribution < -0.4 is 21.2 Å². The third-order valence-electron chi connectivity index (χ3n) is 6.83. The molecule has 0 bridgehead atoms. The Hall–Kier alpha value is -2.68. The molecule has 1 aliphatic rings. The van der Waals surface area contributed by atoms with Crippen LogP contribution in [0.4, 0.5) is 5.69 Å². The number of carbonyl (C=O) groups is 1.